The van der Waals surface area contributed by atoms with Crippen molar-refractivity contribution in [2.24, 2.45) is 0 Å². The molecule has 1 aromatic carbocycles. The average Bonchev–Trinajstić information content (AvgIpc) is 3.43. The molecule has 0 bridgehead atoms. The second-order valence-corrected chi connectivity index (χ2v) is 7.21. The maximum Gasteiger partial charge on any atom is 0.224 e. The predicted molar refractivity (Wildman–Crippen MR) is 104 cm³/mol. The molecule has 1 fully saturated rings. The fourth-order valence-corrected chi connectivity index (χ4v) is 2.85. The fraction of sp³-hybridized carbons (Fsp3) is 0.474. The summed E-state index contributed by atoms with van der Waals surface area (Å²) in [5.74, 6) is 2.16. The normalized spacial score (nSPS) is 13.9. The molecule has 1 aliphatic carbocycles. The fourth-order valence-electron chi connectivity index (χ4n) is 2.65. The van der Waals surface area contributed by atoms with E-state index in [4.69, 9.17) is 11.6 Å². The van der Waals surface area contributed by atoms with Crippen LogP contribution in [-0.4, -0.2) is 42.1 Å². The van der Waals surface area contributed by atoms with E-state index < -0.39 is 0 Å². The lowest BCUT2D eigenvalue weighted by atomic mass is 10.2. The van der Waals surface area contributed by atoms with Crippen LogP contribution in [0.15, 0.2) is 30.3 Å². The van der Waals surface area contributed by atoms with Gasteiger partial charge in [0, 0.05) is 30.1 Å². The summed E-state index contributed by atoms with van der Waals surface area (Å²) in [6.45, 7) is 2.57. The quantitative estimate of drug-likeness (QED) is 0.663. The van der Waals surface area contributed by atoms with Crippen LogP contribution in [0.2, 0.25) is 5.02 Å². The molecule has 6 heteroatoms. The summed E-state index contributed by atoms with van der Waals surface area (Å²) in [6.07, 6.45) is 3.51. The highest BCUT2D eigenvalue weighted by Gasteiger charge is 2.26. The van der Waals surface area contributed by atoms with E-state index in [-0.39, 0.29) is 0 Å². The van der Waals surface area contributed by atoms with Gasteiger partial charge in [0.2, 0.25) is 5.95 Å². The molecule has 1 aliphatic rings. The van der Waals surface area contributed by atoms with Crippen molar-refractivity contribution < 1.29 is 0 Å². The Labute approximate surface area is 154 Å². The number of hydrogen-bond acceptors (Lipinski definition) is 5. The first-order chi connectivity index (χ1) is 12.1. The smallest absolute Gasteiger partial charge is 0.224 e. The molecule has 2 N–H and O–H groups in total. The average molecular weight is 360 g/mol. The van der Waals surface area contributed by atoms with Gasteiger partial charge in [-0.05, 0) is 51.5 Å². The molecular weight excluding hydrogens is 334 g/mol. The highest BCUT2D eigenvalue weighted by Crippen LogP contribution is 2.39. The van der Waals surface area contributed by atoms with E-state index in [0.29, 0.717) is 18.4 Å². The molecule has 0 radical (unpaired) electrons. The van der Waals surface area contributed by atoms with E-state index in [2.05, 4.69) is 45.7 Å². The molecule has 25 heavy (non-hydrogen) atoms. The topological polar surface area (TPSA) is 53.1 Å². The van der Waals surface area contributed by atoms with Crippen molar-refractivity contribution in [1.82, 2.24) is 14.9 Å². The summed E-state index contributed by atoms with van der Waals surface area (Å²) in [6, 6.07) is 9.94. The number of hydrogen-bond donors (Lipinski definition) is 2. The molecule has 0 spiro atoms. The second kappa shape index (κ2) is 8.50. The van der Waals surface area contributed by atoms with Crippen LogP contribution in [0.4, 0.5) is 11.8 Å². The van der Waals surface area contributed by atoms with Crippen molar-refractivity contribution in [2.75, 3.05) is 37.8 Å². The van der Waals surface area contributed by atoms with Gasteiger partial charge >= 0.3 is 0 Å². The summed E-state index contributed by atoms with van der Waals surface area (Å²) in [5, 5.41) is 7.52. The molecule has 1 aromatic heterocycles. The Balaban J connectivity index is 1.64. The SMILES string of the molecule is CN(C)CCCNc1nc(NCc2ccccc2Cl)cc(C2CC2)n1. The Morgan fingerprint density at radius 2 is 1.96 bits per heavy atom. The zero-order valence-corrected chi connectivity index (χ0v) is 15.7. The molecule has 1 saturated carbocycles. The first-order valence-electron chi connectivity index (χ1n) is 8.86. The lowest BCUT2D eigenvalue weighted by molar-refractivity contribution is 0.405. The van der Waals surface area contributed by atoms with Gasteiger partial charge in [-0.1, -0.05) is 29.8 Å². The number of anilines is 2. The van der Waals surface area contributed by atoms with E-state index in [9.17, 15) is 0 Å². The number of nitrogens with zero attached hydrogens (tertiary/aromatic N) is 3. The van der Waals surface area contributed by atoms with Gasteiger partial charge in [0.1, 0.15) is 5.82 Å². The largest absolute Gasteiger partial charge is 0.366 e. The van der Waals surface area contributed by atoms with Crippen LogP contribution in [0.3, 0.4) is 0 Å². The summed E-state index contributed by atoms with van der Waals surface area (Å²) < 4.78 is 0. The Kier molecular flexibility index (Phi) is 6.10. The molecule has 0 aliphatic heterocycles. The minimum Gasteiger partial charge on any atom is -0.366 e. The third-order valence-electron chi connectivity index (χ3n) is 4.22. The number of rotatable bonds is 9. The standard InChI is InChI=1S/C19H26ClN5/c1-25(2)11-5-10-21-19-23-17(14-8-9-14)12-18(24-19)22-13-15-6-3-4-7-16(15)20/h3-4,6-7,12,14H,5,8-11,13H2,1-2H3,(H2,21,22,23,24). The van der Waals surface area contributed by atoms with Gasteiger partial charge in [0.15, 0.2) is 0 Å². The van der Waals surface area contributed by atoms with Crippen molar-refractivity contribution in [3.63, 3.8) is 0 Å². The summed E-state index contributed by atoms with van der Waals surface area (Å²) in [4.78, 5) is 11.5. The van der Waals surface area contributed by atoms with Crippen molar-refractivity contribution in [3.05, 3.63) is 46.6 Å². The van der Waals surface area contributed by atoms with Crippen molar-refractivity contribution in [1.29, 1.82) is 0 Å². The molecule has 134 valence electrons. The number of nitrogens with one attached hydrogen (secondary N) is 2. The van der Waals surface area contributed by atoms with Gasteiger partial charge in [-0.3, -0.25) is 0 Å². The minimum atomic E-state index is 0.589. The molecule has 0 atom stereocenters. The van der Waals surface area contributed by atoms with E-state index in [1.54, 1.807) is 0 Å². The first kappa shape index (κ1) is 18.0. The van der Waals surface area contributed by atoms with Crippen molar-refractivity contribution >= 4 is 23.4 Å². The lowest BCUT2D eigenvalue weighted by Gasteiger charge is -2.13. The lowest BCUT2D eigenvalue weighted by Crippen LogP contribution is -2.17. The summed E-state index contributed by atoms with van der Waals surface area (Å²) in [7, 11) is 4.17. The molecule has 0 saturated heterocycles. The van der Waals surface area contributed by atoms with Crippen LogP contribution in [0, 0.1) is 0 Å². The van der Waals surface area contributed by atoms with Crippen LogP contribution in [-0.2, 0) is 6.54 Å². The summed E-state index contributed by atoms with van der Waals surface area (Å²) >= 11 is 6.23. The van der Waals surface area contributed by atoms with Gasteiger partial charge in [0.05, 0.1) is 5.69 Å². The molecule has 1 heterocycles. The molecule has 5 nitrogen and oxygen atoms in total. The number of aromatic nitrogens is 2. The van der Waals surface area contributed by atoms with Gasteiger partial charge in [-0.25, -0.2) is 4.98 Å². The van der Waals surface area contributed by atoms with Crippen molar-refractivity contribution in [2.45, 2.75) is 31.7 Å². The Morgan fingerprint density at radius 1 is 1.16 bits per heavy atom. The first-order valence-corrected chi connectivity index (χ1v) is 9.24. The van der Waals surface area contributed by atoms with E-state index in [0.717, 1.165) is 41.6 Å². The molecule has 0 amide bonds. The Bertz CT molecular complexity index is 700. The van der Waals surface area contributed by atoms with E-state index >= 15 is 0 Å². The Morgan fingerprint density at radius 3 is 2.68 bits per heavy atom. The van der Waals surface area contributed by atoms with Gasteiger partial charge < -0.3 is 15.5 Å². The summed E-state index contributed by atoms with van der Waals surface area (Å²) in [5.41, 5.74) is 2.20. The maximum atomic E-state index is 6.23. The Hall–Kier alpha value is -1.85. The van der Waals surface area contributed by atoms with Crippen LogP contribution < -0.4 is 10.6 Å². The van der Waals surface area contributed by atoms with Crippen LogP contribution >= 0.6 is 11.6 Å². The van der Waals surface area contributed by atoms with Crippen molar-refractivity contribution in [3.8, 4) is 0 Å². The van der Waals surface area contributed by atoms with Crippen LogP contribution in [0.25, 0.3) is 0 Å². The van der Waals surface area contributed by atoms with E-state index in [1.807, 2.05) is 24.3 Å². The molecular formula is C19H26ClN5. The molecule has 2 aromatic rings. The number of benzene rings is 1. The third-order valence-corrected chi connectivity index (χ3v) is 4.59. The van der Waals surface area contributed by atoms with Crippen LogP contribution in [0.1, 0.15) is 36.4 Å². The van der Waals surface area contributed by atoms with Gasteiger partial charge in [-0.2, -0.15) is 4.98 Å². The zero-order valence-electron chi connectivity index (χ0n) is 14.9. The molecule has 3 rings (SSSR count). The second-order valence-electron chi connectivity index (χ2n) is 6.80. The van der Waals surface area contributed by atoms with Gasteiger partial charge in [-0.15, -0.1) is 0 Å². The minimum absolute atomic E-state index is 0.589. The zero-order chi connectivity index (χ0) is 17.6. The highest BCUT2D eigenvalue weighted by atomic mass is 35.5. The number of halogens is 1. The predicted octanol–water partition coefficient (Wildman–Crippen LogP) is 3.98. The van der Waals surface area contributed by atoms with E-state index in [1.165, 1.54) is 12.8 Å². The molecule has 0 unspecified atom stereocenters. The van der Waals surface area contributed by atoms with Gasteiger partial charge in [0.25, 0.3) is 0 Å². The van der Waals surface area contributed by atoms with Crippen LogP contribution in [0.5, 0.6) is 0 Å². The highest BCUT2D eigenvalue weighted by molar-refractivity contribution is 6.31. The third kappa shape index (κ3) is 5.58. The maximum absolute atomic E-state index is 6.23. The monoisotopic (exact) mass is 359 g/mol.